The van der Waals surface area contributed by atoms with Gasteiger partial charge in [0.15, 0.2) is 9.84 Å². The van der Waals surface area contributed by atoms with Gasteiger partial charge in [-0.3, -0.25) is 0 Å². The van der Waals surface area contributed by atoms with Crippen molar-refractivity contribution in [3.05, 3.63) is 12.2 Å². The number of hydrogen-bond donors (Lipinski definition) is 1. The highest BCUT2D eigenvalue weighted by atomic mass is 32.2. The van der Waals surface area contributed by atoms with Gasteiger partial charge in [-0.1, -0.05) is 19.1 Å². The summed E-state index contributed by atoms with van der Waals surface area (Å²) >= 11 is 0. The monoisotopic (exact) mass is 203 g/mol. The standard InChI is InChI=1S/C9H17NO2S/c1-3-10-8-9(13(2,11)12)6-4-5-7-9/h4-5,10H,3,6-8H2,1-2H3. The SMILES string of the molecule is CCNCC1(S(C)(=O)=O)CC=CC1. The number of nitrogens with one attached hydrogen (secondary N) is 1. The van der Waals surface area contributed by atoms with Crippen molar-refractivity contribution in [3.63, 3.8) is 0 Å². The van der Waals surface area contributed by atoms with E-state index in [0.29, 0.717) is 19.4 Å². The predicted molar refractivity (Wildman–Crippen MR) is 54.5 cm³/mol. The summed E-state index contributed by atoms with van der Waals surface area (Å²) in [5.41, 5.74) is 0. The van der Waals surface area contributed by atoms with Gasteiger partial charge in [0.25, 0.3) is 0 Å². The topological polar surface area (TPSA) is 46.2 Å². The molecule has 0 spiro atoms. The lowest BCUT2D eigenvalue weighted by Gasteiger charge is -2.26. The molecule has 0 fully saturated rings. The van der Waals surface area contributed by atoms with Crippen molar-refractivity contribution in [1.29, 1.82) is 0 Å². The summed E-state index contributed by atoms with van der Waals surface area (Å²) in [6, 6.07) is 0. The van der Waals surface area contributed by atoms with E-state index >= 15 is 0 Å². The molecule has 1 rings (SSSR count). The van der Waals surface area contributed by atoms with Crippen LogP contribution in [-0.2, 0) is 9.84 Å². The molecule has 0 aromatic rings. The Morgan fingerprint density at radius 2 is 1.92 bits per heavy atom. The molecule has 0 radical (unpaired) electrons. The fourth-order valence-corrected chi connectivity index (χ4v) is 2.77. The lowest BCUT2D eigenvalue weighted by atomic mass is 10.1. The first-order valence-corrected chi connectivity index (χ1v) is 6.46. The van der Waals surface area contributed by atoms with Crippen LogP contribution in [0.25, 0.3) is 0 Å². The Kier molecular flexibility index (Phi) is 3.14. The molecule has 76 valence electrons. The largest absolute Gasteiger partial charge is 0.315 e. The molecule has 0 unspecified atom stereocenters. The van der Waals surface area contributed by atoms with Gasteiger partial charge in [-0.25, -0.2) is 8.42 Å². The molecule has 3 nitrogen and oxygen atoms in total. The van der Waals surface area contributed by atoms with E-state index in [4.69, 9.17) is 0 Å². The van der Waals surface area contributed by atoms with Crippen LogP contribution in [0, 0.1) is 0 Å². The maximum absolute atomic E-state index is 11.6. The van der Waals surface area contributed by atoms with Crippen LogP contribution >= 0.6 is 0 Å². The Bertz CT molecular complexity index is 285. The molecule has 0 aliphatic heterocycles. The third-order valence-electron chi connectivity index (χ3n) is 2.63. The van der Waals surface area contributed by atoms with Crippen molar-refractivity contribution in [2.24, 2.45) is 0 Å². The molecule has 0 atom stereocenters. The van der Waals surface area contributed by atoms with Gasteiger partial charge in [-0.05, 0) is 19.4 Å². The summed E-state index contributed by atoms with van der Waals surface area (Å²) in [5.74, 6) is 0. The van der Waals surface area contributed by atoms with E-state index in [1.807, 2.05) is 19.1 Å². The highest BCUT2D eigenvalue weighted by molar-refractivity contribution is 7.92. The van der Waals surface area contributed by atoms with E-state index in [9.17, 15) is 8.42 Å². The third-order valence-corrected chi connectivity index (χ3v) is 4.68. The molecule has 0 saturated carbocycles. The highest BCUT2D eigenvalue weighted by Crippen LogP contribution is 2.30. The molecule has 0 heterocycles. The van der Waals surface area contributed by atoms with Crippen LogP contribution in [0.1, 0.15) is 19.8 Å². The van der Waals surface area contributed by atoms with Gasteiger partial charge in [0, 0.05) is 12.8 Å². The van der Waals surface area contributed by atoms with Gasteiger partial charge in [-0.2, -0.15) is 0 Å². The minimum absolute atomic E-state index is 0.565. The second-order valence-electron chi connectivity index (χ2n) is 3.62. The van der Waals surface area contributed by atoms with Gasteiger partial charge < -0.3 is 5.32 Å². The Balaban J connectivity index is 2.77. The van der Waals surface area contributed by atoms with Crippen LogP contribution in [-0.4, -0.2) is 32.5 Å². The molecule has 13 heavy (non-hydrogen) atoms. The van der Waals surface area contributed by atoms with Crippen molar-refractivity contribution in [2.75, 3.05) is 19.3 Å². The molecular formula is C9H17NO2S. The Hall–Kier alpha value is -0.350. The molecule has 0 aromatic carbocycles. The fraction of sp³-hybridized carbons (Fsp3) is 0.778. The normalized spacial score (nSPS) is 20.8. The summed E-state index contributed by atoms with van der Waals surface area (Å²) < 4.78 is 22.6. The van der Waals surface area contributed by atoms with E-state index < -0.39 is 14.6 Å². The maximum atomic E-state index is 11.6. The first-order chi connectivity index (χ1) is 6.02. The zero-order valence-electron chi connectivity index (χ0n) is 8.21. The van der Waals surface area contributed by atoms with Crippen LogP contribution in [0.2, 0.25) is 0 Å². The third kappa shape index (κ3) is 2.11. The minimum atomic E-state index is -2.96. The highest BCUT2D eigenvalue weighted by Gasteiger charge is 2.40. The smallest absolute Gasteiger partial charge is 0.155 e. The first-order valence-electron chi connectivity index (χ1n) is 4.57. The van der Waals surface area contributed by atoms with Crippen molar-refractivity contribution < 1.29 is 8.42 Å². The van der Waals surface area contributed by atoms with Gasteiger partial charge in [0.2, 0.25) is 0 Å². The summed E-state index contributed by atoms with van der Waals surface area (Å²) in [4.78, 5) is 0. The number of allylic oxidation sites excluding steroid dienone is 2. The summed E-state index contributed by atoms with van der Waals surface area (Å²) in [5, 5.41) is 3.12. The summed E-state index contributed by atoms with van der Waals surface area (Å²) in [7, 11) is -2.96. The molecule has 1 N–H and O–H groups in total. The van der Waals surface area contributed by atoms with Crippen molar-refractivity contribution in [2.45, 2.75) is 24.5 Å². The van der Waals surface area contributed by atoms with Crippen LogP contribution < -0.4 is 5.32 Å². The number of hydrogen-bond acceptors (Lipinski definition) is 3. The Labute approximate surface area is 80.1 Å². The van der Waals surface area contributed by atoms with E-state index in [1.54, 1.807) is 0 Å². The van der Waals surface area contributed by atoms with Gasteiger partial charge >= 0.3 is 0 Å². The van der Waals surface area contributed by atoms with Gasteiger partial charge in [0.1, 0.15) is 0 Å². The molecule has 0 amide bonds. The minimum Gasteiger partial charge on any atom is -0.315 e. The molecule has 4 heteroatoms. The quantitative estimate of drug-likeness (QED) is 0.685. The van der Waals surface area contributed by atoms with E-state index in [1.165, 1.54) is 6.26 Å². The summed E-state index contributed by atoms with van der Waals surface area (Å²) in [6.07, 6.45) is 6.55. The molecule has 0 aromatic heterocycles. The molecule has 0 saturated heterocycles. The second-order valence-corrected chi connectivity index (χ2v) is 6.03. The Morgan fingerprint density at radius 3 is 2.31 bits per heavy atom. The first kappa shape index (κ1) is 10.7. The molecular weight excluding hydrogens is 186 g/mol. The molecule has 0 bridgehead atoms. The zero-order valence-corrected chi connectivity index (χ0v) is 9.02. The fourth-order valence-electron chi connectivity index (χ4n) is 1.61. The second kappa shape index (κ2) is 3.80. The van der Waals surface area contributed by atoms with Crippen molar-refractivity contribution in [1.82, 2.24) is 5.32 Å². The lowest BCUT2D eigenvalue weighted by molar-refractivity contribution is 0.497. The summed E-state index contributed by atoms with van der Waals surface area (Å²) in [6.45, 7) is 3.37. The van der Waals surface area contributed by atoms with Crippen LogP contribution in [0.5, 0.6) is 0 Å². The van der Waals surface area contributed by atoms with E-state index in [-0.39, 0.29) is 0 Å². The predicted octanol–water partition coefficient (Wildman–Crippen LogP) is 0.729. The van der Waals surface area contributed by atoms with E-state index in [0.717, 1.165) is 6.54 Å². The van der Waals surface area contributed by atoms with Crippen LogP contribution in [0.15, 0.2) is 12.2 Å². The molecule has 1 aliphatic rings. The van der Waals surface area contributed by atoms with Gasteiger partial charge in [-0.15, -0.1) is 0 Å². The van der Waals surface area contributed by atoms with Crippen molar-refractivity contribution in [3.8, 4) is 0 Å². The average Bonchev–Trinajstić information content (AvgIpc) is 2.48. The zero-order chi connectivity index (χ0) is 9.95. The van der Waals surface area contributed by atoms with Crippen molar-refractivity contribution >= 4 is 9.84 Å². The number of sulfone groups is 1. The lowest BCUT2D eigenvalue weighted by Crippen LogP contribution is -2.44. The molecule has 1 aliphatic carbocycles. The van der Waals surface area contributed by atoms with Gasteiger partial charge in [0.05, 0.1) is 4.75 Å². The van der Waals surface area contributed by atoms with Crippen LogP contribution in [0.4, 0.5) is 0 Å². The average molecular weight is 203 g/mol. The number of rotatable bonds is 4. The maximum Gasteiger partial charge on any atom is 0.155 e. The van der Waals surface area contributed by atoms with E-state index in [2.05, 4.69) is 5.32 Å². The Morgan fingerprint density at radius 1 is 1.38 bits per heavy atom. The van der Waals surface area contributed by atoms with Crippen LogP contribution in [0.3, 0.4) is 0 Å².